The molecule has 9 heteroatoms. The molecule has 1 aromatic carbocycles. The van der Waals surface area contributed by atoms with Gasteiger partial charge in [-0.3, -0.25) is 14.5 Å². The van der Waals surface area contributed by atoms with E-state index in [9.17, 15) is 9.59 Å². The number of amides is 2. The van der Waals surface area contributed by atoms with Crippen LogP contribution in [-0.4, -0.2) is 81.2 Å². The van der Waals surface area contributed by atoms with Crippen LogP contribution in [0.3, 0.4) is 0 Å². The number of nitrogens with one attached hydrogen (secondary N) is 1. The molecule has 7 nitrogen and oxygen atoms in total. The third kappa shape index (κ3) is 7.54. The first-order chi connectivity index (χ1) is 13.0. The summed E-state index contributed by atoms with van der Waals surface area (Å²) < 4.78 is 10.4. The number of ether oxygens (including phenoxy) is 2. The van der Waals surface area contributed by atoms with Gasteiger partial charge < -0.3 is 19.7 Å². The molecule has 0 aromatic heterocycles. The summed E-state index contributed by atoms with van der Waals surface area (Å²) in [5.74, 6) is 0.314. The summed E-state index contributed by atoms with van der Waals surface area (Å²) in [5.41, 5.74) is 0. The van der Waals surface area contributed by atoms with Crippen molar-refractivity contribution in [1.29, 1.82) is 0 Å². The molecule has 0 aliphatic carbocycles. The van der Waals surface area contributed by atoms with E-state index >= 15 is 0 Å². The van der Waals surface area contributed by atoms with Crippen LogP contribution in [0.15, 0.2) is 18.2 Å². The van der Waals surface area contributed by atoms with Gasteiger partial charge in [-0.15, -0.1) is 0 Å². The van der Waals surface area contributed by atoms with Gasteiger partial charge in [0.25, 0.3) is 5.91 Å². The van der Waals surface area contributed by atoms with Gasteiger partial charge in [0.2, 0.25) is 5.91 Å². The van der Waals surface area contributed by atoms with Crippen molar-refractivity contribution < 1.29 is 19.1 Å². The van der Waals surface area contributed by atoms with Crippen molar-refractivity contribution in [3.63, 3.8) is 0 Å². The van der Waals surface area contributed by atoms with Crippen LogP contribution in [0.1, 0.15) is 6.42 Å². The Morgan fingerprint density at radius 3 is 2.59 bits per heavy atom. The average Bonchev–Trinajstić information content (AvgIpc) is 2.65. The lowest BCUT2D eigenvalue weighted by atomic mass is 10.3. The predicted octanol–water partition coefficient (Wildman–Crippen LogP) is 1.67. The minimum atomic E-state index is -0.107. The molecule has 1 saturated heterocycles. The molecule has 0 radical (unpaired) electrons. The van der Waals surface area contributed by atoms with E-state index in [-0.39, 0.29) is 18.4 Å². The highest BCUT2D eigenvalue weighted by Crippen LogP contribution is 2.27. The van der Waals surface area contributed by atoms with Gasteiger partial charge >= 0.3 is 0 Å². The largest absolute Gasteiger partial charge is 0.482 e. The average molecular weight is 418 g/mol. The number of nitrogens with zero attached hydrogens (tertiary/aromatic N) is 2. The summed E-state index contributed by atoms with van der Waals surface area (Å²) in [7, 11) is 1.64. The standard InChI is InChI=1S/C18H25Cl2N3O4/c1-26-10-2-5-21-17(24)12-22-6-8-23(9-7-22)18(25)13-27-16-4-3-14(19)11-15(16)20/h3-4,11H,2,5-10,12-13H2,1H3,(H,21,24). The summed E-state index contributed by atoms with van der Waals surface area (Å²) in [6, 6.07) is 4.87. The van der Waals surface area contributed by atoms with E-state index in [1.165, 1.54) is 0 Å². The lowest BCUT2D eigenvalue weighted by Crippen LogP contribution is -2.52. The Kier molecular flexibility index (Phi) is 9.14. The molecule has 1 aliphatic heterocycles. The lowest BCUT2D eigenvalue weighted by Gasteiger charge is -2.34. The summed E-state index contributed by atoms with van der Waals surface area (Å²) in [6.45, 7) is 3.92. The second-order valence-electron chi connectivity index (χ2n) is 6.22. The molecule has 0 unspecified atom stereocenters. The third-order valence-electron chi connectivity index (χ3n) is 4.18. The molecule has 2 amide bonds. The summed E-state index contributed by atoms with van der Waals surface area (Å²) in [5, 5.41) is 3.75. The fraction of sp³-hybridized carbons (Fsp3) is 0.556. The first-order valence-electron chi connectivity index (χ1n) is 8.83. The number of rotatable bonds is 9. The Balaban J connectivity index is 1.67. The third-order valence-corrected chi connectivity index (χ3v) is 4.72. The number of halogens is 2. The molecule has 150 valence electrons. The van der Waals surface area contributed by atoms with Gasteiger partial charge in [-0.2, -0.15) is 0 Å². The van der Waals surface area contributed by atoms with Crippen LogP contribution < -0.4 is 10.1 Å². The fourth-order valence-corrected chi connectivity index (χ4v) is 3.14. The van der Waals surface area contributed by atoms with Crippen LogP contribution in [0.5, 0.6) is 5.75 Å². The van der Waals surface area contributed by atoms with Gasteiger partial charge in [0.1, 0.15) is 5.75 Å². The second kappa shape index (κ2) is 11.3. The van der Waals surface area contributed by atoms with Gasteiger partial charge in [-0.1, -0.05) is 23.2 Å². The number of piperazine rings is 1. The van der Waals surface area contributed by atoms with Crippen molar-refractivity contribution in [2.75, 3.05) is 59.6 Å². The zero-order chi connectivity index (χ0) is 19.6. The quantitative estimate of drug-likeness (QED) is 0.618. The molecule has 1 N–H and O–H groups in total. The van der Waals surface area contributed by atoms with Crippen molar-refractivity contribution >= 4 is 35.0 Å². The Bertz CT molecular complexity index is 637. The van der Waals surface area contributed by atoms with Crippen LogP contribution in [0.2, 0.25) is 10.0 Å². The molecule has 0 saturated carbocycles. The van der Waals surface area contributed by atoms with E-state index < -0.39 is 0 Å². The highest BCUT2D eigenvalue weighted by Gasteiger charge is 2.22. The number of carbonyl (C=O) groups is 2. The fourth-order valence-electron chi connectivity index (χ4n) is 2.68. The molecular formula is C18H25Cl2N3O4. The van der Waals surface area contributed by atoms with Crippen LogP contribution in [0.4, 0.5) is 0 Å². The molecule has 0 spiro atoms. The van der Waals surface area contributed by atoms with E-state index in [1.807, 2.05) is 4.90 Å². The van der Waals surface area contributed by atoms with Gasteiger partial charge in [0.05, 0.1) is 11.6 Å². The number of benzene rings is 1. The molecule has 0 bridgehead atoms. The highest BCUT2D eigenvalue weighted by molar-refractivity contribution is 6.35. The summed E-state index contributed by atoms with van der Waals surface area (Å²) >= 11 is 11.9. The van der Waals surface area contributed by atoms with E-state index in [0.29, 0.717) is 61.7 Å². The zero-order valence-corrected chi connectivity index (χ0v) is 16.9. The van der Waals surface area contributed by atoms with Gasteiger partial charge in [-0.05, 0) is 24.6 Å². The van der Waals surface area contributed by atoms with Crippen LogP contribution in [0.25, 0.3) is 0 Å². The maximum atomic E-state index is 12.3. The van der Waals surface area contributed by atoms with E-state index in [2.05, 4.69) is 5.32 Å². The predicted molar refractivity (Wildman–Crippen MR) is 104 cm³/mol. The minimum absolute atomic E-state index is 0.00778. The molecular weight excluding hydrogens is 393 g/mol. The van der Waals surface area contributed by atoms with Crippen molar-refractivity contribution in [2.45, 2.75) is 6.42 Å². The van der Waals surface area contributed by atoms with Crippen molar-refractivity contribution in [1.82, 2.24) is 15.1 Å². The summed E-state index contributed by atoms with van der Waals surface area (Å²) in [4.78, 5) is 28.0. The van der Waals surface area contributed by atoms with E-state index in [4.69, 9.17) is 32.7 Å². The second-order valence-corrected chi connectivity index (χ2v) is 7.06. The number of methoxy groups -OCH3 is 1. The maximum Gasteiger partial charge on any atom is 0.260 e. The topological polar surface area (TPSA) is 71.1 Å². The number of hydrogen-bond acceptors (Lipinski definition) is 5. The van der Waals surface area contributed by atoms with Crippen LogP contribution in [0, 0.1) is 0 Å². The summed E-state index contributed by atoms with van der Waals surface area (Å²) in [6.07, 6.45) is 0.794. The van der Waals surface area contributed by atoms with Crippen LogP contribution in [-0.2, 0) is 14.3 Å². The van der Waals surface area contributed by atoms with Gasteiger partial charge in [-0.25, -0.2) is 0 Å². The lowest BCUT2D eigenvalue weighted by molar-refractivity contribution is -0.135. The molecule has 0 atom stereocenters. The highest BCUT2D eigenvalue weighted by atomic mass is 35.5. The monoisotopic (exact) mass is 417 g/mol. The Hall–Kier alpha value is -1.54. The molecule has 1 aromatic rings. The zero-order valence-electron chi connectivity index (χ0n) is 15.4. The molecule has 2 rings (SSSR count). The SMILES string of the molecule is COCCCNC(=O)CN1CCN(C(=O)COc2ccc(Cl)cc2Cl)CC1. The molecule has 27 heavy (non-hydrogen) atoms. The van der Waals surface area contributed by atoms with Gasteiger partial charge in [0.15, 0.2) is 6.61 Å². The Labute approximate surface area is 169 Å². The smallest absolute Gasteiger partial charge is 0.260 e. The van der Waals surface area contributed by atoms with E-state index in [0.717, 1.165) is 6.42 Å². The van der Waals surface area contributed by atoms with Crippen molar-refractivity contribution in [3.05, 3.63) is 28.2 Å². The van der Waals surface area contributed by atoms with Crippen molar-refractivity contribution in [2.24, 2.45) is 0 Å². The molecule has 1 fully saturated rings. The van der Waals surface area contributed by atoms with Gasteiger partial charge in [0, 0.05) is 51.5 Å². The van der Waals surface area contributed by atoms with E-state index in [1.54, 1.807) is 30.2 Å². The maximum absolute atomic E-state index is 12.3. The molecule has 1 heterocycles. The van der Waals surface area contributed by atoms with Crippen LogP contribution >= 0.6 is 23.2 Å². The first-order valence-corrected chi connectivity index (χ1v) is 9.59. The number of carbonyl (C=O) groups excluding carboxylic acids is 2. The number of hydrogen-bond donors (Lipinski definition) is 1. The molecule has 1 aliphatic rings. The van der Waals surface area contributed by atoms with Crippen molar-refractivity contribution in [3.8, 4) is 5.75 Å². The Morgan fingerprint density at radius 1 is 1.19 bits per heavy atom. The normalized spacial score (nSPS) is 14.9. The Morgan fingerprint density at radius 2 is 1.93 bits per heavy atom. The first kappa shape index (κ1) is 21.8. The minimum Gasteiger partial charge on any atom is -0.482 e.